The lowest BCUT2D eigenvalue weighted by Crippen LogP contribution is -2.57. The van der Waals surface area contributed by atoms with Gasteiger partial charge in [0.25, 0.3) is 0 Å². The normalized spacial score (nSPS) is 26.6. The van der Waals surface area contributed by atoms with Crippen LogP contribution in [0.4, 0.5) is 0 Å². The zero-order chi connectivity index (χ0) is 16.5. The highest BCUT2D eigenvalue weighted by molar-refractivity contribution is 7.89. The van der Waals surface area contributed by atoms with Gasteiger partial charge in [-0.3, -0.25) is 4.79 Å². The number of benzene rings is 1. The maximum absolute atomic E-state index is 12.7. The van der Waals surface area contributed by atoms with Gasteiger partial charge in [0.05, 0.1) is 24.2 Å². The molecule has 1 unspecified atom stereocenters. The number of carbonyl (C=O) groups excluding carboxylic acids is 1. The molecule has 7 nitrogen and oxygen atoms in total. The van der Waals surface area contributed by atoms with Gasteiger partial charge >= 0.3 is 5.97 Å². The molecule has 22 heavy (non-hydrogen) atoms. The Morgan fingerprint density at radius 2 is 1.82 bits per heavy atom. The van der Waals surface area contributed by atoms with E-state index >= 15 is 0 Å². The Kier molecular flexibility index (Phi) is 4.86. The molecule has 8 heteroatoms. The largest absolute Gasteiger partial charge is 0.468 e. The van der Waals surface area contributed by atoms with Gasteiger partial charge in [-0.05, 0) is 19.1 Å². The number of rotatable bonds is 3. The molecule has 0 amide bonds. The van der Waals surface area contributed by atoms with Gasteiger partial charge < -0.3 is 14.9 Å². The molecular weight excluding hydrogens is 310 g/mol. The van der Waals surface area contributed by atoms with Gasteiger partial charge in [0.1, 0.15) is 6.04 Å². The predicted octanol–water partition coefficient (Wildman–Crippen LogP) is -0.347. The third kappa shape index (κ3) is 3.14. The standard InChI is InChI=1S/C14H19NO6S/c1-9-3-5-10(6-4-9)22(19,20)15-8-13(17)12(16)7-11(15)14(18)21-2/h3-6,11-13,16-17H,7-8H2,1-2H3/t11?,12-,13+/m1/s1. The van der Waals surface area contributed by atoms with E-state index in [1.807, 2.05) is 6.92 Å². The summed E-state index contributed by atoms with van der Waals surface area (Å²) in [4.78, 5) is 11.9. The third-order valence-corrected chi connectivity index (χ3v) is 5.61. The topological polar surface area (TPSA) is 104 Å². The van der Waals surface area contributed by atoms with E-state index < -0.39 is 34.2 Å². The van der Waals surface area contributed by atoms with E-state index in [1.165, 1.54) is 12.1 Å². The van der Waals surface area contributed by atoms with Crippen LogP contribution in [0, 0.1) is 6.92 Å². The average Bonchev–Trinajstić information content (AvgIpc) is 2.49. The van der Waals surface area contributed by atoms with Crippen LogP contribution >= 0.6 is 0 Å². The van der Waals surface area contributed by atoms with E-state index in [2.05, 4.69) is 4.74 Å². The lowest BCUT2D eigenvalue weighted by molar-refractivity contribution is -0.150. The predicted molar refractivity (Wildman–Crippen MR) is 77.5 cm³/mol. The zero-order valence-corrected chi connectivity index (χ0v) is 13.2. The molecule has 122 valence electrons. The number of esters is 1. The van der Waals surface area contributed by atoms with Crippen molar-refractivity contribution in [1.82, 2.24) is 4.31 Å². The van der Waals surface area contributed by atoms with Crippen LogP contribution in [0.3, 0.4) is 0 Å². The molecule has 2 N–H and O–H groups in total. The molecule has 0 saturated carbocycles. The first-order valence-corrected chi connectivity index (χ1v) is 8.24. The van der Waals surface area contributed by atoms with Crippen LogP contribution in [0.15, 0.2) is 29.2 Å². The number of methoxy groups -OCH3 is 1. The molecule has 1 fully saturated rings. The van der Waals surface area contributed by atoms with Crippen molar-refractivity contribution in [3.05, 3.63) is 29.8 Å². The minimum atomic E-state index is -3.98. The number of ether oxygens (including phenoxy) is 1. The van der Waals surface area contributed by atoms with Crippen LogP contribution in [0.5, 0.6) is 0 Å². The molecule has 0 radical (unpaired) electrons. The number of carbonyl (C=O) groups is 1. The van der Waals surface area contributed by atoms with Gasteiger partial charge in [-0.25, -0.2) is 8.42 Å². The van der Waals surface area contributed by atoms with Crippen molar-refractivity contribution in [1.29, 1.82) is 0 Å². The van der Waals surface area contributed by atoms with E-state index in [0.29, 0.717) is 0 Å². The van der Waals surface area contributed by atoms with Crippen LogP contribution in [-0.4, -0.2) is 60.8 Å². The van der Waals surface area contributed by atoms with Crippen LogP contribution in [-0.2, 0) is 19.6 Å². The first-order chi connectivity index (χ1) is 10.3. The van der Waals surface area contributed by atoms with Crippen molar-refractivity contribution < 1.29 is 28.2 Å². The Morgan fingerprint density at radius 3 is 2.36 bits per heavy atom. The van der Waals surface area contributed by atoms with Crippen molar-refractivity contribution in [3.8, 4) is 0 Å². The second-order valence-corrected chi connectivity index (χ2v) is 7.19. The van der Waals surface area contributed by atoms with Crippen molar-refractivity contribution in [2.24, 2.45) is 0 Å². The minimum absolute atomic E-state index is 0.0237. The summed E-state index contributed by atoms with van der Waals surface area (Å²) in [6, 6.07) is 5.02. The lowest BCUT2D eigenvalue weighted by Gasteiger charge is -2.37. The maximum atomic E-state index is 12.7. The third-order valence-electron chi connectivity index (χ3n) is 3.72. The Balaban J connectivity index is 2.41. The van der Waals surface area contributed by atoms with Crippen molar-refractivity contribution in [2.75, 3.05) is 13.7 Å². The number of sulfonamides is 1. The molecule has 1 heterocycles. The van der Waals surface area contributed by atoms with Gasteiger partial charge in [-0.2, -0.15) is 4.31 Å². The van der Waals surface area contributed by atoms with E-state index in [0.717, 1.165) is 17.0 Å². The summed E-state index contributed by atoms with van der Waals surface area (Å²) in [5, 5.41) is 19.5. The number of β-amino-alcohol motifs (C(OH)–C–C–N with tert-alkyl or cyclic N) is 1. The summed E-state index contributed by atoms with van der Waals surface area (Å²) < 4.78 is 30.9. The summed E-state index contributed by atoms with van der Waals surface area (Å²) in [5.74, 6) is -0.762. The van der Waals surface area contributed by atoms with Gasteiger partial charge in [0.15, 0.2) is 0 Å². The van der Waals surface area contributed by atoms with Crippen LogP contribution in [0.1, 0.15) is 12.0 Å². The van der Waals surface area contributed by atoms with Gasteiger partial charge in [0, 0.05) is 13.0 Å². The zero-order valence-electron chi connectivity index (χ0n) is 12.3. The first-order valence-electron chi connectivity index (χ1n) is 6.80. The first kappa shape index (κ1) is 16.9. The Hall–Kier alpha value is -1.48. The summed E-state index contributed by atoms with van der Waals surface area (Å²) in [5.41, 5.74) is 0.901. The molecule has 2 rings (SSSR count). The summed E-state index contributed by atoms with van der Waals surface area (Å²) in [6.07, 6.45) is -2.63. The summed E-state index contributed by atoms with van der Waals surface area (Å²) in [6.45, 7) is 1.46. The number of aliphatic hydroxyl groups is 2. The fourth-order valence-electron chi connectivity index (χ4n) is 2.40. The van der Waals surface area contributed by atoms with E-state index in [4.69, 9.17) is 0 Å². The molecular formula is C14H19NO6S. The molecule has 0 aromatic heterocycles. The number of piperidine rings is 1. The Bertz CT molecular complexity index is 642. The maximum Gasteiger partial charge on any atom is 0.324 e. The number of aryl methyl sites for hydroxylation is 1. The average molecular weight is 329 g/mol. The molecule has 1 saturated heterocycles. The van der Waals surface area contributed by atoms with Gasteiger partial charge in [0.2, 0.25) is 10.0 Å². The number of hydrogen-bond donors (Lipinski definition) is 2. The highest BCUT2D eigenvalue weighted by Crippen LogP contribution is 2.26. The Morgan fingerprint density at radius 1 is 1.23 bits per heavy atom. The monoisotopic (exact) mass is 329 g/mol. The van der Waals surface area contributed by atoms with Crippen molar-refractivity contribution >= 4 is 16.0 Å². The molecule has 0 aliphatic carbocycles. The lowest BCUT2D eigenvalue weighted by atomic mass is 10.00. The van der Waals surface area contributed by atoms with Gasteiger partial charge in [-0.1, -0.05) is 17.7 Å². The van der Waals surface area contributed by atoms with Crippen molar-refractivity contribution in [2.45, 2.75) is 36.5 Å². The van der Waals surface area contributed by atoms with E-state index in [9.17, 15) is 23.4 Å². The molecule has 1 aromatic rings. The second-order valence-electron chi connectivity index (χ2n) is 5.30. The van der Waals surface area contributed by atoms with Crippen molar-refractivity contribution in [3.63, 3.8) is 0 Å². The Labute approximate surface area is 129 Å². The molecule has 1 aromatic carbocycles. The fourth-order valence-corrected chi connectivity index (χ4v) is 4.00. The van der Waals surface area contributed by atoms with E-state index in [1.54, 1.807) is 12.1 Å². The smallest absolute Gasteiger partial charge is 0.324 e. The second kappa shape index (κ2) is 6.33. The van der Waals surface area contributed by atoms with Crippen LogP contribution in [0.25, 0.3) is 0 Å². The number of nitrogens with zero attached hydrogens (tertiary/aromatic N) is 1. The van der Waals surface area contributed by atoms with Crippen LogP contribution in [0.2, 0.25) is 0 Å². The molecule has 1 aliphatic heterocycles. The minimum Gasteiger partial charge on any atom is -0.468 e. The highest BCUT2D eigenvalue weighted by atomic mass is 32.2. The van der Waals surface area contributed by atoms with Gasteiger partial charge in [-0.15, -0.1) is 0 Å². The summed E-state index contributed by atoms with van der Waals surface area (Å²) in [7, 11) is -2.83. The summed E-state index contributed by atoms with van der Waals surface area (Å²) >= 11 is 0. The number of aliphatic hydroxyl groups excluding tert-OH is 2. The van der Waals surface area contributed by atoms with Crippen LogP contribution < -0.4 is 0 Å². The fraction of sp³-hybridized carbons (Fsp3) is 0.500. The highest BCUT2D eigenvalue weighted by Gasteiger charge is 2.44. The quantitative estimate of drug-likeness (QED) is 0.735. The molecule has 0 spiro atoms. The molecule has 3 atom stereocenters. The number of hydrogen-bond acceptors (Lipinski definition) is 6. The van der Waals surface area contributed by atoms with E-state index in [-0.39, 0.29) is 17.9 Å². The molecule has 0 bridgehead atoms. The molecule has 1 aliphatic rings. The SMILES string of the molecule is COC(=O)C1C[C@@H](O)[C@@H](O)CN1S(=O)(=O)c1ccc(C)cc1.